The first-order chi connectivity index (χ1) is 8.64. The fourth-order valence-electron chi connectivity index (χ4n) is 2.30. The fraction of sp³-hybridized carbons (Fsp3) is 0.769. The highest BCUT2D eigenvalue weighted by Gasteiger charge is 2.38. The van der Waals surface area contributed by atoms with Crippen LogP contribution in [0.25, 0.3) is 0 Å². The van der Waals surface area contributed by atoms with Crippen LogP contribution in [0.4, 0.5) is 0 Å². The summed E-state index contributed by atoms with van der Waals surface area (Å²) < 4.78 is 28.6. The van der Waals surface area contributed by atoms with Crippen molar-refractivity contribution in [2.45, 2.75) is 46.1 Å². The van der Waals surface area contributed by atoms with Crippen molar-refractivity contribution >= 4 is 5.78 Å². The first kappa shape index (κ1) is 7.61. The van der Waals surface area contributed by atoms with Crippen LogP contribution in [0.15, 0.2) is 12.1 Å². The largest absolute Gasteiger partial charge is 0.392 e. The van der Waals surface area contributed by atoms with Gasteiger partial charge in [0.25, 0.3) is 0 Å². The van der Waals surface area contributed by atoms with Gasteiger partial charge in [0.05, 0.1) is 7.47 Å². The van der Waals surface area contributed by atoms with Crippen LogP contribution in [0.3, 0.4) is 0 Å². The molecule has 0 aromatic rings. The van der Waals surface area contributed by atoms with Crippen LogP contribution in [-0.2, 0) is 4.79 Å². The van der Waals surface area contributed by atoms with E-state index in [4.69, 9.17) is 5.48 Å². The molecule has 1 N–H and O–H groups in total. The SMILES string of the molecule is [2H]/C(=C\C[C@@H](C)C(O)[C@H]1C(=O)CCC1C)C([2H])([2H])[2H]. The Morgan fingerprint density at radius 2 is 2.53 bits per heavy atom. The van der Waals surface area contributed by atoms with Crippen LogP contribution in [0.2, 0.25) is 0 Å². The maximum atomic E-state index is 11.7. The third-order valence-corrected chi connectivity index (χ3v) is 3.37. The molecule has 0 saturated heterocycles. The molecule has 86 valence electrons. The Hall–Kier alpha value is -0.630. The molecule has 0 spiro atoms. The molecule has 0 bridgehead atoms. The first-order valence-corrected chi connectivity index (χ1v) is 5.52. The molecule has 1 aliphatic carbocycles. The highest BCUT2D eigenvalue weighted by atomic mass is 16.3. The van der Waals surface area contributed by atoms with Gasteiger partial charge in [-0.25, -0.2) is 0 Å². The van der Waals surface area contributed by atoms with Gasteiger partial charge in [-0.05, 0) is 31.5 Å². The molecule has 2 unspecified atom stereocenters. The molecular formula is C13H22O2. The van der Waals surface area contributed by atoms with Gasteiger partial charge in [0, 0.05) is 16.5 Å². The fourth-order valence-corrected chi connectivity index (χ4v) is 2.30. The molecular weight excluding hydrogens is 188 g/mol. The Kier molecular flexibility index (Phi) is 2.77. The molecule has 15 heavy (non-hydrogen) atoms. The maximum absolute atomic E-state index is 11.7. The first-order valence-electron chi connectivity index (χ1n) is 7.52. The molecule has 1 aliphatic rings. The highest BCUT2D eigenvalue weighted by molar-refractivity contribution is 5.83. The molecule has 2 nitrogen and oxygen atoms in total. The van der Waals surface area contributed by atoms with Crippen molar-refractivity contribution in [3.05, 3.63) is 12.1 Å². The second-order valence-corrected chi connectivity index (χ2v) is 4.56. The molecule has 0 aliphatic heterocycles. The minimum Gasteiger partial charge on any atom is -0.392 e. The predicted octanol–water partition coefficient (Wildman–Crippen LogP) is 2.56. The molecule has 1 saturated carbocycles. The Morgan fingerprint density at radius 3 is 3.07 bits per heavy atom. The zero-order valence-electron chi connectivity index (χ0n) is 13.4. The molecule has 1 rings (SSSR count). The van der Waals surface area contributed by atoms with E-state index in [1.165, 1.54) is 6.08 Å². The number of aliphatic hydroxyl groups is 1. The van der Waals surface area contributed by atoms with Gasteiger partial charge in [-0.2, -0.15) is 0 Å². The smallest absolute Gasteiger partial charge is 0.138 e. The van der Waals surface area contributed by atoms with Crippen molar-refractivity contribution in [1.29, 1.82) is 0 Å². The minimum atomic E-state index is -2.40. The van der Waals surface area contributed by atoms with Crippen molar-refractivity contribution in [2.24, 2.45) is 17.8 Å². The van der Waals surface area contributed by atoms with Crippen LogP contribution < -0.4 is 0 Å². The van der Waals surface area contributed by atoms with E-state index >= 15 is 0 Å². The third-order valence-electron chi connectivity index (χ3n) is 3.37. The summed E-state index contributed by atoms with van der Waals surface area (Å²) >= 11 is 0. The van der Waals surface area contributed by atoms with Crippen molar-refractivity contribution in [1.82, 2.24) is 0 Å². The second kappa shape index (κ2) is 5.45. The van der Waals surface area contributed by atoms with Gasteiger partial charge < -0.3 is 5.11 Å². The average molecular weight is 214 g/mol. The number of hydrogen-bond acceptors (Lipinski definition) is 2. The highest BCUT2D eigenvalue weighted by Crippen LogP contribution is 2.34. The number of allylic oxidation sites excluding steroid dienone is 2. The standard InChI is InChI=1S/C13H22O2/c1-4-5-6-10(3)13(15)12-9(2)7-8-11(12)14/h4-5,9-10,12-13,15H,6-8H2,1-3H3/b5-4+/t9?,10-,12-,13?/m1/s1/i1D3,4D. The van der Waals surface area contributed by atoms with Crippen LogP contribution in [0, 0.1) is 17.8 Å². The summed E-state index contributed by atoms with van der Waals surface area (Å²) in [4.78, 5) is 11.7. The van der Waals surface area contributed by atoms with Crippen molar-refractivity contribution < 1.29 is 15.4 Å². The second-order valence-electron chi connectivity index (χ2n) is 4.56. The van der Waals surface area contributed by atoms with E-state index in [-0.39, 0.29) is 23.5 Å². The number of carbonyl (C=O) groups is 1. The Bertz CT molecular complexity index is 362. The normalized spacial score (nSPS) is 36.5. The zero-order valence-corrected chi connectivity index (χ0v) is 9.36. The third kappa shape index (κ3) is 2.91. The van der Waals surface area contributed by atoms with Crippen molar-refractivity contribution in [2.75, 3.05) is 0 Å². The topological polar surface area (TPSA) is 37.3 Å². The van der Waals surface area contributed by atoms with Crippen LogP contribution in [-0.4, -0.2) is 17.0 Å². The van der Waals surface area contributed by atoms with Crippen LogP contribution in [0.1, 0.15) is 45.4 Å². The molecule has 0 amide bonds. The number of ketones is 1. The molecule has 4 atom stereocenters. The molecule has 1 fully saturated rings. The van der Waals surface area contributed by atoms with Gasteiger partial charge >= 0.3 is 0 Å². The van der Waals surface area contributed by atoms with Gasteiger partial charge in [0.15, 0.2) is 0 Å². The Balaban J connectivity index is 2.63. The summed E-state index contributed by atoms with van der Waals surface area (Å²) in [5.74, 6) is -0.299. The average Bonchev–Trinajstić information content (AvgIpc) is 2.63. The summed E-state index contributed by atoms with van der Waals surface area (Å²) in [5.41, 5.74) is 0. The van der Waals surface area contributed by atoms with Gasteiger partial charge in [-0.15, -0.1) is 0 Å². The van der Waals surface area contributed by atoms with E-state index in [2.05, 4.69) is 0 Å². The molecule has 2 heteroatoms. The summed E-state index contributed by atoms with van der Waals surface area (Å²) in [5, 5.41) is 10.2. The maximum Gasteiger partial charge on any atom is 0.138 e. The van der Waals surface area contributed by atoms with Crippen molar-refractivity contribution in [3.63, 3.8) is 0 Å². The van der Waals surface area contributed by atoms with Gasteiger partial charge in [-0.1, -0.05) is 26.0 Å². The molecule has 0 heterocycles. The summed E-state index contributed by atoms with van der Waals surface area (Å²) in [7, 11) is 0. The minimum absolute atomic E-state index is 0.0951. The summed E-state index contributed by atoms with van der Waals surface area (Å²) in [6.07, 6.45) is 2.19. The predicted molar refractivity (Wildman–Crippen MR) is 61.5 cm³/mol. The number of Topliss-reactive ketones (excluding diaryl/α,β-unsaturated/α-hetero) is 1. The Morgan fingerprint density at radius 1 is 1.80 bits per heavy atom. The lowest BCUT2D eigenvalue weighted by Crippen LogP contribution is -2.33. The molecule has 0 aromatic carbocycles. The van der Waals surface area contributed by atoms with E-state index in [0.717, 1.165) is 6.42 Å². The van der Waals surface area contributed by atoms with Gasteiger partial charge in [-0.3, -0.25) is 4.79 Å². The lowest BCUT2D eigenvalue weighted by Gasteiger charge is -2.25. The quantitative estimate of drug-likeness (QED) is 0.730. The molecule has 0 aromatic heterocycles. The lowest BCUT2D eigenvalue weighted by molar-refractivity contribution is -0.125. The summed E-state index contributed by atoms with van der Waals surface area (Å²) in [6, 6.07) is -0.405. The van der Waals surface area contributed by atoms with Crippen LogP contribution >= 0.6 is 0 Å². The van der Waals surface area contributed by atoms with E-state index in [9.17, 15) is 9.90 Å². The monoisotopic (exact) mass is 214 g/mol. The van der Waals surface area contributed by atoms with E-state index in [1.54, 1.807) is 6.92 Å². The van der Waals surface area contributed by atoms with Gasteiger partial charge in [0.2, 0.25) is 0 Å². The lowest BCUT2D eigenvalue weighted by atomic mass is 9.83. The van der Waals surface area contributed by atoms with E-state index in [0.29, 0.717) is 12.8 Å². The Labute approximate surface area is 98.0 Å². The summed E-state index contributed by atoms with van der Waals surface area (Å²) in [6.45, 7) is 1.34. The molecule has 0 radical (unpaired) electrons. The van der Waals surface area contributed by atoms with Gasteiger partial charge in [0.1, 0.15) is 5.78 Å². The van der Waals surface area contributed by atoms with Crippen LogP contribution in [0.5, 0.6) is 0 Å². The zero-order chi connectivity index (χ0) is 14.8. The number of hydrogen-bond donors (Lipinski definition) is 1. The van der Waals surface area contributed by atoms with Crippen molar-refractivity contribution in [3.8, 4) is 0 Å². The number of carbonyl (C=O) groups excluding carboxylic acids is 1. The number of aliphatic hydroxyl groups excluding tert-OH is 1. The van der Waals surface area contributed by atoms with E-state index < -0.39 is 19.0 Å². The van der Waals surface area contributed by atoms with E-state index in [1.807, 2.05) is 6.92 Å². The number of rotatable bonds is 4.